The van der Waals surface area contributed by atoms with Crippen molar-refractivity contribution in [2.75, 3.05) is 0 Å². The molecule has 1 aliphatic rings. The van der Waals surface area contributed by atoms with E-state index in [-0.39, 0.29) is 11.7 Å². The van der Waals surface area contributed by atoms with Crippen LogP contribution >= 0.6 is 0 Å². The number of carbonyl (C=O) groups excluding carboxylic acids is 1. The first-order valence-corrected chi connectivity index (χ1v) is 7.71. The molecule has 1 unspecified atom stereocenters. The molecule has 4 heteroatoms. The van der Waals surface area contributed by atoms with Crippen LogP contribution < -0.4 is 0 Å². The fourth-order valence-electron chi connectivity index (χ4n) is 2.97. The Morgan fingerprint density at radius 3 is 2.22 bits per heavy atom. The van der Waals surface area contributed by atoms with E-state index in [2.05, 4.69) is 0 Å². The van der Waals surface area contributed by atoms with Gasteiger partial charge in [-0.05, 0) is 43.0 Å². The first-order chi connectivity index (χ1) is 11.0. The third-order valence-corrected chi connectivity index (χ3v) is 4.27. The molecule has 3 rings (SSSR count). The molecule has 0 fully saturated rings. The Morgan fingerprint density at radius 2 is 1.65 bits per heavy atom. The van der Waals surface area contributed by atoms with Crippen LogP contribution in [-0.2, 0) is 11.2 Å². The second kappa shape index (κ2) is 5.88. The third-order valence-electron chi connectivity index (χ3n) is 4.27. The van der Waals surface area contributed by atoms with E-state index in [4.69, 9.17) is 4.74 Å². The summed E-state index contributed by atoms with van der Waals surface area (Å²) in [5.41, 5.74) is 3.91. The van der Waals surface area contributed by atoms with Crippen LogP contribution in [0.5, 0.6) is 0 Å². The number of fused-ring (bicyclic) bond motifs is 3. The number of benzene rings is 2. The second-order valence-electron chi connectivity index (χ2n) is 5.79. The van der Waals surface area contributed by atoms with Gasteiger partial charge in [-0.15, -0.1) is 0 Å². The molecule has 0 spiro atoms. The lowest BCUT2D eigenvalue weighted by atomic mass is 9.95. The number of ether oxygens (including phenoxy) is 1. The fourth-order valence-corrected chi connectivity index (χ4v) is 2.97. The fraction of sp³-hybridized carbons (Fsp3) is 0.263. The van der Waals surface area contributed by atoms with Crippen molar-refractivity contribution in [1.29, 1.82) is 0 Å². The van der Waals surface area contributed by atoms with E-state index >= 15 is 0 Å². The van der Waals surface area contributed by atoms with Crippen molar-refractivity contribution in [2.45, 2.75) is 32.8 Å². The van der Waals surface area contributed by atoms with Gasteiger partial charge in [-0.3, -0.25) is 0 Å². The van der Waals surface area contributed by atoms with Crippen LogP contribution in [0.2, 0.25) is 0 Å². The Bertz CT molecular complexity index is 792. The molecular formula is C19H18O4. The molecule has 0 amide bonds. The predicted octanol–water partition coefficient (Wildman–Crippen LogP) is 3.91. The molecule has 1 N–H and O–H groups in total. The maximum Gasteiger partial charge on any atom is 0.339 e. The molecule has 0 saturated heterocycles. The maximum atomic E-state index is 12.5. The molecule has 2 aromatic rings. The number of aromatic carboxylic acids is 1. The van der Waals surface area contributed by atoms with E-state index in [1.807, 2.05) is 32.0 Å². The van der Waals surface area contributed by atoms with Gasteiger partial charge in [0.05, 0.1) is 17.2 Å². The van der Waals surface area contributed by atoms with Crippen LogP contribution in [0.4, 0.5) is 0 Å². The van der Waals surface area contributed by atoms with Gasteiger partial charge in [0.2, 0.25) is 0 Å². The number of carbonyl (C=O) groups is 2. The van der Waals surface area contributed by atoms with Crippen molar-refractivity contribution in [3.63, 3.8) is 0 Å². The Balaban J connectivity index is 2.15. The minimum atomic E-state index is -0.986. The highest BCUT2D eigenvalue weighted by molar-refractivity contribution is 6.05. The average molecular weight is 310 g/mol. The summed E-state index contributed by atoms with van der Waals surface area (Å²) in [5.74, 6) is -1.39. The highest BCUT2D eigenvalue weighted by Gasteiger charge is 2.29. The van der Waals surface area contributed by atoms with Crippen molar-refractivity contribution in [3.05, 3.63) is 58.7 Å². The van der Waals surface area contributed by atoms with Gasteiger partial charge >= 0.3 is 11.9 Å². The summed E-state index contributed by atoms with van der Waals surface area (Å²) in [5, 5.41) is 9.47. The van der Waals surface area contributed by atoms with Gasteiger partial charge in [0.25, 0.3) is 0 Å². The first-order valence-electron chi connectivity index (χ1n) is 7.71. The number of esters is 1. The van der Waals surface area contributed by atoms with Crippen molar-refractivity contribution < 1.29 is 19.4 Å². The predicted molar refractivity (Wildman–Crippen MR) is 86.8 cm³/mol. The zero-order valence-electron chi connectivity index (χ0n) is 13.1. The summed E-state index contributed by atoms with van der Waals surface area (Å²) in [6.45, 7) is 3.79. The third kappa shape index (κ3) is 2.61. The van der Waals surface area contributed by atoms with Crippen LogP contribution in [0.3, 0.4) is 0 Å². The molecule has 0 aromatic heterocycles. The molecule has 0 saturated carbocycles. The Hall–Kier alpha value is -2.62. The van der Waals surface area contributed by atoms with Gasteiger partial charge < -0.3 is 9.84 Å². The van der Waals surface area contributed by atoms with Crippen molar-refractivity contribution >= 4 is 11.9 Å². The van der Waals surface area contributed by atoms with Gasteiger partial charge in [-0.25, -0.2) is 9.59 Å². The normalized spacial score (nSPS) is 13.1. The summed E-state index contributed by atoms with van der Waals surface area (Å²) >= 11 is 0. The Morgan fingerprint density at radius 1 is 1.09 bits per heavy atom. The number of hydrogen-bond donors (Lipinski definition) is 1. The van der Waals surface area contributed by atoms with Crippen LogP contribution in [0.1, 0.15) is 52.1 Å². The monoisotopic (exact) mass is 310 g/mol. The highest BCUT2D eigenvalue weighted by atomic mass is 16.5. The first kappa shape index (κ1) is 15.3. The standard InChI is InChI=1S/C19H18O4/c1-3-11(2)23-19(22)15-9-5-7-13-10-12-6-4-8-14(18(20)21)16(12)17(13)15/h4-9,11H,3,10H2,1-2H3,(H,20,21). The summed E-state index contributed by atoms with van der Waals surface area (Å²) in [6.07, 6.45) is 1.20. The van der Waals surface area contributed by atoms with E-state index in [9.17, 15) is 14.7 Å². The average Bonchev–Trinajstić information content (AvgIpc) is 2.92. The minimum absolute atomic E-state index is 0.172. The molecule has 1 atom stereocenters. The summed E-state index contributed by atoms with van der Waals surface area (Å²) in [4.78, 5) is 24.1. The van der Waals surface area contributed by atoms with E-state index in [1.165, 1.54) is 0 Å². The Labute approximate surface area is 134 Å². The molecule has 23 heavy (non-hydrogen) atoms. The SMILES string of the molecule is CCC(C)OC(=O)c1cccc2c1-c1c(cccc1C(=O)O)C2. The molecule has 1 aliphatic carbocycles. The quantitative estimate of drug-likeness (QED) is 0.742. The zero-order chi connectivity index (χ0) is 16.6. The molecule has 4 nitrogen and oxygen atoms in total. The van der Waals surface area contributed by atoms with Gasteiger partial charge in [0, 0.05) is 11.1 Å². The van der Waals surface area contributed by atoms with E-state index in [0.717, 1.165) is 17.5 Å². The minimum Gasteiger partial charge on any atom is -0.478 e. The molecule has 0 heterocycles. The summed E-state index contributed by atoms with van der Waals surface area (Å²) in [6, 6.07) is 10.7. The lowest BCUT2D eigenvalue weighted by Gasteiger charge is -2.14. The lowest BCUT2D eigenvalue weighted by molar-refractivity contribution is 0.0335. The van der Waals surface area contributed by atoms with Gasteiger partial charge in [0.1, 0.15) is 0 Å². The smallest absolute Gasteiger partial charge is 0.339 e. The second-order valence-corrected chi connectivity index (χ2v) is 5.79. The van der Waals surface area contributed by atoms with E-state index < -0.39 is 11.9 Å². The summed E-state index contributed by atoms with van der Waals surface area (Å²) < 4.78 is 5.44. The lowest BCUT2D eigenvalue weighted by Crippen LogP contribution is -2.15. The van der Waals surface area contributed by atoms with Crippen LogP contribution in [0.25, 0.3) is 11.1 Å². The van der Waals surface area contributed by atoms with Crippen LogP contribution in [-0.4, -0.2) is 23.1 Å². The van der Waals surface area contributed by atoms with Crippen LogP contribution in [0, 0.1) is 0 Å². The number of hydrogen-bond acceptors (Lipinski definition) is 3. The Kier molecular flexibility index (Phi) is 3.90. The topological polar surface area (TPSA) is 63.6 Å². The van der Waals surface area contributed by atoms with E-state index in [1.54, 1.807) is 18.2 Å². The van der Waals surface area contributed by atoms with Crippen molar-refractivity contribution in [3.8, 4) is 11.1 Å². The van der Waals surface area contributed by atoms with E-state index in [0.29, 0.717) is 23.1 Å². The maximum absolute atomic E-state index is 12.5. The summed E-state index contributed by atoms with van der Waals surface area (Å²) in [7, 11) is 0. The number of rotatable bonds is 4. The molecular weight excluding hydrogens is 292 g/mol. The van der Waals surface area contributed by atoms with Gasteiger partial charge in [-0.2, -0.15) is 0 Å². The molecule has 118 valence electrons. The molecule has 0 bridgehead atoms. The van der Waals surface area contributed by atoms with Crippen molar-refractivity contribution in [2.24, 2.45) is 0 Å². The molecule has 0 radical (unpaired) electrons. The highest BCUT2D eigenvalue weighted by Crippen LogP contribution is 2.41. The van der Waals surface area contributed by atoms with Crippen molar-refractivity contribution in [1.82, 2.24) is 0 Å². The van der Waals surface area contributed by atoms with Crippen LogP contribution in [0.15, 0.2) is 36.4 Å². The molecule has 0 aliphatic heterocycles. The van der Waals surface area contributed by atoms with Gasteiger partial charge in [0.15, 0.2) is 0 Å². The largest absolute Gasteiger partial charge is 0.478 e. The number of carboxylic acid groups (broad SMARTS) is 1. The van der Waals surface area contributed by atoms with Gasteiger partial charge in [-0.1, -0.05) is 31.2 Å². The zero-order valence-corrected chi connectivity index (χ0v) is 13.1. The number of carboxylic acids is 1. The molecule has 2 aromatic carbocycles.